The number of thiazole rings is 1. The Hall–Kier alpha value is -2.62. The van der Waals surface area contributed by atoms with E-state index < -0.39 is 11.9 Å². The van der Waals surface area contributed by atoms with Crippen molar-refractivity contribution in [1.82, 2.24) is 20.9 Å². The molecule has 0 fully saturated rings. The summed E-state index contributed by atoms with van der Waals surface area (Å²) in [5.74, 6) is 0.334. The molecule has 0 aliphatic rings. The number of carbonyl (C=O) groups is 1. The molecule has 0 aliphatic heterocycles. The van der Waals surface area contributed by atoms with Crippen molar-refractivity contribution in [2.75, 3.05) is 26.7 Å². The van der Waals surface area contributed by atoms with Gasteiger partial charge in [0.05, 0.1) is 5.01 Å². The molecule has 0 aliphatic carbocycles. The number of rotatable bonds is 7. The number of benzene rings is 1. The Bertz CT molecular complexity index is 761. The third kappa shape index (κ3) is 6.89. The molecule has 2 aromatic rings. The number of hydrogen-bond donors (Lipinski definition) is 3. The largest absolute Gasteiger partial charge is 0.434 e. The van der Waals surface area contributed by atoms with Crippen LogP contribution in [0.1, 0.15) is 21.1 Å². The molecule has 1 aromatic heterocycles. The number of nitrogens with zero attached hydrogens (tertiary/aromatic N) is 2. The first-order valence-corrected chi connectivity index (χ1v) is 9.07. The van der Waals surface area contributed by atoms with Crippen molar-refractivity contribution in [2.24, 2.45) is 4.99 Å². The number of nitrogens with one attached hydrogen (secondary N) is 3. The highest BCUT2D eigenvalue weighted by molar-refractivity contribution is 7.09. The summed E-state index contributed by atoms with van der Waals surface area (Å²) in [4.78, 5) is 19.5. The van der Waals surface area contributed by atoms with Gasteiger partial charge in [-0.25, -0.2) is 4.98 Å². The van der Waals surface area contributed by atoms with Gasteiger partial charge in [-0.3, -0.25) is 9.79 Å². The number of guanidine groups is 1. The predicted octanol–water partition coefficient (Wildman–Crippen LogP) is 2.30. The van der Waals surface area contributed by atoms with Crippen LogP contribution < -0.4 is 16.0 Å². The van der Waals surface area contributed by atoms with Crippen molar-refractivity contribution in [3.8, 4) is 0 Å². The Kier molecular flexibility index (Phi) is 7.59. The van der Waals surface area contributed by atoms with E-state index in [1.807, 2.05) is 6.07 Å². The van der Waals surface area contributed by atoms with E-state index in [0.29, 0.717) is 42.6 Å². The maximum Gasteiger partial charge on any atom is 0.434 e. The lowest BCUT2D eigenvalue weighted by Gasteiger charge is -2.12. The topological polar surface area (TPSA) is 78.4 Å². The molecular weight excluding hydrogens is 379 g/mol. The van der Waals surface area contributed by atoms with Crippen LogP contribution in [0.25, 0.3) is 0 Å². The third-order valence-electron chi connectivity index (χ3n) is 3.44. The fourth-order valence-corrected chi connectivity index (χ4v) is 2.92. The molecule has 2 rings (SSSR count). The Balaban J connectivity index is 1.66. The van der Waals surface area contributed by atoms with Gasteiger partial charge < -0.3 is 16.0 Å². The van der Waals surface area contributed by atoms with Crippen LogP contribution in [0.15, 0.2) is 40.7 Å². The molecule has 27 heavy (non-hydrogen) atoms. The lowest BCUT2D eigenvalue weighted by atomic mass is 10.2. The van der Waals surface area contributed by atoms with E-state index in [1.54, 1.807) is 31.3 Å². The Labute approximate surface area is 158 Å². The first-order valence-electron chi connectivity index (χ1n) is 8.19. The van der Waals surface area contributed by atoms with Gasteiger partial charge in [0.2, 0.25) is 0 Å². The van der Waals surface area contributed by atoms with Crippen LogP contribution in [0.5, 0.6) is 0 Å². The fraction of sp³-hybridized carbons (Fsp3) is 0.353. The summed E-state index contributed by atoms with van der Waals surface area (Å²) in [6.07, 6.45) is -4.06. The Morgan fingerprint density at radius 2 is 1.78 bits per heavy atom. The Morgan fingerprint density at radius 1 is 1.11 bits per heavy atom. The molecule has 6 nitrogen and oxygen atoms in total. The summed E-state index contributed by atoms with van der Waals surface area (Å²) < 4.78 is 37.5. The van der Waals surface area contributed by atoms with Crippen LogP contribution in [0.4, 0.5) is 13.2 Å². The van der Waals surface area contributed by atoms with Crippen LogP contribution in [0.3, 0.4) is 0 Å². The van der Waals surface area contributed by atoms with Crippen molar-refractivity contribution in [3.63, 3.8) is 0 Å². The molecule has 0 bridgehead atoms. The molecule has 1 aromatic carbocycles. The van der Waals surface area contributed by atoms with Gasteiger partial charge in [0.15, 0.2) is 11.7 Å². The fourth-order valence-electron chi connectivity index (χ4n) is 2.11. The van der Waals surface area contributed by atoms with Crippen LogP contribution in [-0.2, 0) is 12.6 Å². The van der Waals surface area contributed by atoms with Gasteiger partial charge in [-0.15, -0.1) is 11.3 Å². The smallest absolute Gasteiger partial charge is 0.356 e. The normalized spacial score (nSPS) is 11.9. The monoisotopic (exact) mass is 399 g/mol. The second-order valence-corrected chi connectivity index (χ2v) is 6.36. The highest BCUT2D eigenvalue weighted by Crippen LogP contribution is 2.29. The van der Waals surface area contributed by atoms with Crippen LogP contribution in [-0.4, -0.2) is 43.5 Å². The minimum absolute atomic E-state index is 0.162. The highest BCUT2D eigenvalue weighted by Gasteiger charge is 2.33. The number of alkyl halides is 3. The van der Waals surface area contributed by atoms with Crippen molar-refractivity contribution >= 4 is 23.2 Å². The van der Waals surface area contributed by atoms with Gasteiger partial charge in [-0.1, -0.05) is 18.2 Å². The van der Waals surface area contributed by atoms with Crippen LogP contribution in [0.2, 0.25) is 0 Å². The summed E-state index contributed by atoms with van der Waals surface area (Å²) in [5, 5.41) is 10.2. The number of halogens is 3. The number of carbonyl (C=O) groups excluding carboxylic acids is 1. The van der Waals surface area contributed by atoms with E-state index in [1.165, 1.54) is 0 Å². The maximum atomic E-state index is 12.5. The van der Waals surface area contributed by atoms with Gasteiger partial charge in [0.25, 0.3) is 5.91 Å². The minimum Gasteiger partial charge on any atom is -0.356 e. The molecule has 1 heterocycles. The van der Waals surface area contributed by atoms with Gasteiger partial charge in [-0.2, -0.15) is 13.2 Å². The van der Waals surface area contributed by atoms with Gasteiger partial charge in [0, 0.05) is 44.0 Å². The molecule has 0 unspecified atom stereocenters. The number of aliphatic imine (C=N–C) groups is 1. The second kappa shape index (κ2) is 9.91. The average molecular weight is 399 g/mol. The van der Waals surface area contributed by atoms with Crippen molar-refractivity contribution in [1.29, 1.82) is 0 Å². The quantitative estimate of drug-likeness (QED) is 0.379. The molecule has 1 amide bonds. The minimum atomic E-state index is -4.41. The van der Waals surface area contributed by atoms with E-state index in [-0.39, 0.29) is 5.91 Å². The third-order valence-corrected chi connectivity index (χ3v) is 4.34. The number of hydrogen-bond acceptors (Lipinski definition) is 4. The second-order valence-electron chi connectivity index (χ2n) is 5.42. The molecule has 0 atom stereocenters. The standard InChI is InChI=1S/C17H20F3N5OS/c1-21-16(23-8-7-14-25-13(11-27-14)17(18,19)20)24-10-9-22-15(26)12-5-3-2-4-6-12/h2-6,11H,7-10H2,1H3,(H,22,26)(H2,21,23,24). The molecule has 3 N–H and O–H groups in total. The van der Waals surface area contributed by atoms with Crippen LogP contribution in [0, 0.1) is 0 Å². The van der Waals surface area contributed by atoms with Crippen molar-refractivity contribution in [3.05, 3.63) is 52.0 Å². The zero-order valence-electron chi connectivity index (χ0n) is 14.6. The van der Waals surface area contributed by atoms with Gasteiger partial charge >= 0.3 is 6.18 Å². The SMILES string of the molecule is CN=C(NCCNC(=O)c1ccccc1)NCCc1nc(C(F)(F)F)cs1. The van der Waals surface area contributed by atoms with Crippen molar-refractivity contribution in [2.45, 2.75) is 12.6 Å². The first-order chi connectivity index (χ1) is 12.9. The average Bonchev–Trinajstić information content (AvgIpc) is 3.13. The van der Waals surface area contributed by atoms with Crippen molar-refractivity contribution < 1.29 is 18.0 Å². The summed E-state index contributed by atoms with van der Waals surface area (Å²) in [6, 6.07) is 8.87. The molecule has 0 saturated heterocycles. The molecular formula is C17H20F3N5OS. The maximum absolute atomic E-state index is 12.5. The number of amides is 1. The highest BCUT2D eigenvalue weighted by atomic mass is 32.1. The zero-order valence-corrected chi connectivity index (χ0v) is 15.5. The van der Waals surface area contributed by atoms with E-state index >= 15 is 0 Å². The molecule has 146 valence electrons. The van der Waals surface area contributed by atoms with E-state index in [9.17, 15) is 18.0 Å². The lowest BCUT2D eigenvalue weighted by Crippen LogP contribution is -2.42. The number of aromatic nitrogens is 1. The molecule has 10 heteroatoms. The van der Waals surface area contributed by atoms with E-state index in [0.717, 1.165) is 16.7 Å². The lowest BCUT2D eigenvalue weighted by molar-refractivity contribution is -0.140. The summed E-state index contributed by atoms with van der Waals surface area (Å²) in [5.41, 5.74) is -0.277. The van der Waals surface area contributed by atoms with E-state index in [4.69, 9.17) is 0 Å². The molecule has 0 saturated carbocycles. The predicted molar refractivity (Wildman–Crippen MR) is 99.0 cm³/mol. The first kappa shape index (κ1) is 20.7. The zero-order chi connectivity index (χ0) is 19.7. The van der Waals surface area contributed by atoms with Gasteiger partial charge in [-0.05, 0) is 12.1 Å². The van der Waals surface area contributed by atoms with E-state index in [2.05, 4.69) is 25.9 Å². The summed E-state index contributed by atoms with van der Waals surface area (Å²) in [7, 11) is 1.59. The van der Waals surface area contributed by atoms with Gasteiger partial charge in [0.1, 0.15) is 0 Å². The van der Waals surface area contributed by atoms with Crippen LogP contribution >= 0.6 is 11.3 Å². The Morgan fingerprint density at radius 3 is 2.41 bits per heavy atom. The molecule has 0 radical (unpaired) electrons. The molecule has 0 spiro atoms. The summed E-state index contributed by atoms with van der Waals surface area (Å²) >= 11 is 0.979. The summed E-state index contributed by atoms with van der Waals surface area (Å²) in [6.45, 7) is 1.24.